The zero-order valence-corrected chi connectivity index (χ0v) is 11.5. The van der Waals surface area contributed by atoms with Crippen LogP contribution in [0.25, 0.3) is 0 Å². The Kier molecular flexibility index (Phi) is 3.48. The number of anilines is 2. The summed E-state index contributed by atoms with van der Waals surface area (Å²) in [6.07, 6.45) is 3.67. The summed E-state index contributed by atoms with van der Waals surface area (Å²) < 4.78 is 15.6. The molecule has 21 heavy (non-hydrogen) atoms. The van der Waals surface area contributed by atoms with Gasteiger partial charge in [0.2, 0.25) is 0 Å². The molecule has 108 valence electrons. The van der Waals surface area contributed by atoms with Crippen LogP contribution in [0.2, 0.25) is 0 Å². The Morgan fingerprint density at radius 1 is 1.29 bits per heavy atom. The summed E-state index contributed by atoms with van der Waals surface area (Å²) in [5, 5.41) is 13.4. The maximum atomic E-state index is 13.7. The number of piperidine rings is 1. The number of hydrogen-bond donors (Lipinski definition) is 1. The Hall–Kier alpha value is -2.55. The molecule has 1 aromatic carbocycles. The first-order valence-electron chi connectivity index (χ1n) is 6.93. The van der Waals surface area contributed by atoms with Crippen molar-refractivity contribution in [2.24, 2.45) is 0 Å². The van der Waals surface area contributed by atoms with E-state index in [4.69, 9.17) is 11.0 Å². The molecule has 0 atom stereocenters. The number of halogens is 1. The molecule has 2 N–H and O–H groups in total. The Bertz CT molecular complexity index is 680. The fourth-order valence-corrected chi connectivity index (χ4v) is 2.81. The molecule has 1 aliphatic rings. The first-order valence-corrected chi connectivity index (χ1v) is 6.93. The third kappa shape index (κ3) is 2.55. The molecule has 0 aliphatic carbocycles. The van der Waals surface area contributed by atoms with Gasteiger partial charge >= 0.3 is 0 Å². The Morgan fingerprint density at radius 3 is 2.67 bits per heavy atom. The minimum Gasteiger partial charge on any atom is -0.382 e. The van der Waals surface area contributed by atoms with E-state index in [9.17, 15) is 4.39 Å². The number of rotatable bonds is 2. The Labute approximate surface area is 122 Å². The average molecular weight is 285 g/mol. The minimum absolute atomic E-state index is 0.124. The molecule has 0 spiro atoms. The van der Waals surface area contributed by atoms with Crippen molar-refractivity contribution in [2.75, 3.05) is 23.7 Å². The van der Waals surface area contributed by atoms with Crippen LogP contribution in [0, 0.1) is 17.1 Å². The molecule has 0 saturated carbocycles. The molecular formula is C15H16FN5. The van der Waals surface area contributed by atoms with Gasteiger partial charge in [0.25, 0.3) is 0 Å². The maximum Gasteiger partial charge on any atom is 0.145 e. The van der Waals surface area contributed by atoms with Gasteiger partial charge in [-0.1, -0.05) is 6.07 Å². The van der Waals surface area contributed by atoms with E-state index in [-0.39, 0.29) is 5.56 Å². The topological polar surface area (TPSA) is 70.9 Å². The fraction of sp³-hybridized carbons (Fsp3) is 0.333. The van der Waals surface area contributed by atoms with Crippen LogP contribution in [0.15, 0.2) is 30.5 Å². The summed E-state index contributed by atoms with van der Waals surface area (Å²) in [5.41, 5.74) is 6.44. The van der Waals surface area contributed by atoms with Gasteiger partial charge in [0.1, 0.15) is 23.3 Å². The van der Waals surface area contributed by atoms with Gasteiger partial charge in [0.15, 0.2) is 0 Å². The van der Waals surface area contributed by atoms with Gasteiger partial charge in [0.05, 0.1) is 11.7 Å². The van der Waals surface area contributed by atoms with E-state index in [1.54, 1.807) is 18.2 Å². The van der Waals surface area contributed by atoms with Crippen molar-refractivity contribution < 1.29 is 4.39 Å². The molecule has 3 rings (SSSR count). The van der Waals surface area contributed by atoms with Crippen LogP contribution in [0.1, 0.15) is 24.4 Å². The number of nitrogens with zero attached hydrogens (tertiary/aromatic N) is 4. The van der Waals surface area contributed by atoms with Crippen molar-refractivity contribution in [2.45, 2.75) is 18.9 Å². The summed E-state index contributed by atoms with van der Waals surface area (Å²) in [4.78, 5) is 2.06. The second kappa shape index (κ2) is 5.44. The van der Waals surface area contributed by atoms with Crippen LogP contribution >= 0.6 is 0 Å². The van der Waals surface area contributed by atoms with E-state index in [0.29, 0.717) is 17.5 Å². The van der Waals surface area contributed by atoms with Gasteiger partial charge < -0.3 is 10.6 Å². The van der Waals surface area contributed by atoms with Gasteiger partial charge in [-0.05, 0) is 31.0 Å². The lowest BCUT2D eigenvalue weighted by molar-refractivity contribution is 0.367. The van der Waals surface area contributed by atoms with E-state index in [1.165, 1.54) is 6.07 Å². The van der Waals surface area contributed by atoms with Crippen LogP contribution in [-0.4, -0.2) is 22.9 Å². The lowest BCUT2D eigenvalue weighted by Gasteiger charge is -2.34. The lowest BCUT2D eigenvalue weighted by Crippen LogP contribution is -2.35. The van der Waals surface area contributed by atoms with Gasteiger partial charge in [-0.25, -0.2) is 4.39 Å². The first-order chi connectivity index (χ1) is 10.2. The molecule has 0 bridgehead atoms. The zero-order chi connectivity index (χ0) is 14.8. The largest absolute Gasteiger partial charge is 0.382 e. The molecule has 1 aliphatic heterocycles. The number of hydrogen-bond acceptors (Lipinski definition) is 4. The third-order valence-electron chi connectivity index (χ3n) is 3.91. The monoisotopic (exact) mass is 285 g/mol. The summed E-state index contributed by atoms with van der Waals surface area (Å²) >= 11 is 0. The molecule has 2 heterocycles. The van der Waals surface area contributed by atoms with Crippen LogP contribution < -0.4 is 10.6 Å². The zero-order valence-electron chi connectivity index (χ0n) is 11.5. The van der Waals surface area contributed by atoms with Gasteiger partial charge in [-0.3, -0.25) is 4.68 Å². The normalized spacial score (nSPS) is 15.9. The smallest absolute Gasteiger partial charge is 0.145 e. The first kappa shape index (κ1) is 13.4. The summed E-state index contributed by atoms with van der Waals surface area (Å²) in [5.74, 6) is 0.0614. The van der Waals surface area contributed by atoms with E-state index in [0.717, 1.165) is 25.9 Å². The van der Waals surface area contributed by atoms with Crippen molar-refractivity contribution >= 4 is 11.5 Å². The van der Waals surface area contributed by atoms with E-state index < -0.39 is 5.82 Å². The van der Waals surface area contributed by atoms with E-state index in [1.807, 2.05) is 16.9 Å². The van der Waals surface area contributed by atoms with Crippen molar-refractivity contribution in [3.05, 3.63) is 41.8 Å². The van der Waals surface area contributed by atoms with Gasteiger partial charge in [-0.15, -0.1) is 0 Å². The maximum absolute atomic E-state index is 13.7. The number of nitrogens with two attached hydrogens (primary N) is 1. The molecule has 5 nitrogen and oxygen atoms in total. The van der Waals surface area contributed by atoms with Crippen LogP contribution in [-0.2, 0) is 0 Å². The van der Waals surface area contributed by atoms with Crippen molar-refractivity contribution in [1.29, 1.82) is 5.26 Å². The quantitative estimate of drug-likeness (QED) is 0.919. The molecule has 1 saturated heterocycles. The second-order valence-corrected chi connectivity index (χ2v) is 5.18. The summed E-state index contributed by atoms with van der Waals surface area (Å²) in [7, 11) is 0. The second-order valence-electron chi connectivity index (χ2n) is 5.18. The van der Waals surface area contributed by atoms with Crippen LogP contribution in [0.4, 0.5) is 15.9 Å². The molecule has 6 heteroatoms. The number of nitriles is 1. The number of benzene rings is 1. The van der Waals surface area contributed by atoms with Crippen molar-refractivity contribution in [3.8, 4) is 6.07 Å². The molecule has 0 radical (unpaired) electrons. The van der Waals surface area contributed by atoms with Gasteiger partial charge in [-0.2, -0.15) is 10.4 Å². The molecule has 1 fully saturated rings. The number of nitrogen functional groups attached to an aromatic ring is 1. The summed E-state index contributed by atoms with van der Waals surface area (Å²) in [6.45, 7) is 1.53. The predicted molar refractivity (Wildman–Crippen MR) is 78.2 cm³/mol. The number of aromatic nitrogens is 2. The van der Waals surface area contributed by atoms with Crippen LogP contribution in [0.5, 0.6) is 0 Å². The standard InChI is InChI=1S/C15H16FN5/c16-13-2-1-3-14(12(13)10-17)20-7-4-11(5-8-20)21-9-6-15(18)19-21/h1-3,6,9,11H,4-5,7-8H2,(H2,18,19). The fourth-order valence-electron chi connectivity index (χ4n) is 2.81. The minimum atomic E-state index is -0.461. The SMILES string of the molecule is N#Cc1c(F)cccc1N1CCC(n2ccc(N)n2)CC1. The summed E-state index contributed by atoms with van der Waals surface area (Å²) in [6, 6.07) is 8.81. The predicted octanol–water partition coefficient (Wildman–Crippen LogP) is 2.32. The lowest BCUT2D eigenvalue weighted by atomic mass is 10.0. The van der Waals surface area contributed by atoms with E-state index >= 15 is 0 Å². The molecule has 1 aromatic heterocycles. The highest BCUT2D eigenvalue weighted by molar-refractivity contribution is 5.60. The highest BCUT2D eigenvalue weighted by Crippen LogP contribution is 2.29. The van der Waals surface area contributed by atoms with Crippen molar-refractivity contribution in [1.82, 2.24) is 9.78 Å². The van der Waals surface area contributed by atoms with E-state index in [2.05, 4.69) is 10.00 Å². The van der Waals surface area contributed by atoms with Crippen molar-refractivity contribution in [3.63, 3.8) is 0 Å². The average Bonchev–Trinajstić information content (AvgIpc) is 2.94. The van der Waals surface area contributed by atoms with Gasteiger partial charge in [0, 0.05) is 19.3 Å². The highest BCUT2D eigenvalue weighted by atomic mass is 19.1. The highest BCUT2D eigenvalue weighted by Gasteiger charge is 2.23. The Morgan fingerprint density at radius 2 is 2.05 bits per heavy atom. The molecule has 0 amide bonds. The molecule has 0 unspecified atom stereocenters. The Balaban J connectivity index is 1.75. The molecular weight excluding hydrogens is 269 g/mol. The third-order valence-corrected chi connectivity index (χ3v) is 3.91. The van der Waals surface area contributed by atoms with Crippen LogP contribution in [0.3, 0.4) is 0 Å². The molecule has 2 aromatic rings.